The van der Waals surface area contributed by atoms with E-state index in [0.717, 1.165) is 5.84 Å². The first-order chi connectivity index (χ1) is 25.7. The van der Waals surface area contributed by atoms with Crippen LogP contribution in [0.4, 0.5) is 0 Å². The Morgan fingerprint density at radius 3 is 2.04 bits per heavy atom. The largest absolute Gasteiger partial charge is 0.297 e. The number of hydrogen-bond donors (Lipinski definition) is 0. The minimum Gasteiger partial charge on any atom is -0.297 e. The predicted molar refractivity (Wildman–Crippen MR) is 221 cm³/mol. The first-order valence-corrected chi connectivity index (χ1v) is 19.0. The molecule has 0 amide bonds. The predicted octanol–water partition coefficient (Wildman–Crippen LogP) is 13.1. The third-order valence-electron chi connectivity index (χ3n) is 11.8. The summed E-state index contributed by atoms with van der Waals surface area (Å²) in [5.41, 5.74) is 11.2. The molecule has 3 heterocycles. The number of aromatic nitrogens is 1. The van der Waals surface area contributed by atoms with E-state index in [-0.39, 0.29) is 11.3 Å². The van der Waals surface area contributed by atoms with Gasteiger partial charge in [0.15, 0.2) is 0 Å². The average molecular weight is 683 g/mol. The molecule has 3 atom stereocenters. The summed E-state index contributed by atoms with van der Waals surface area (Å²) in [5, 5.41) is 5.20. The highest BCUT2D eigenvalue weighted by Crippen LogP contribution is 2.63. The highest BCUT2D eigenvalue weighted by molar-refractivity contribution is 7.26. The van der Waals surface area contributed by atoms with Crippen molar-refractivity contribution in [2.75, 3.05) is 0 Å². The van der Waals surface area contributed by atoms with Crippen LogP contribution in [-0.4, -0.2) is 10.4 Å². The number of nitrogens with zero attached hydrogens (tertiary/aromatic N) is 2. The molecular formula is C49H34N2S. The maximum atomic E-state index is 5.17. The van der Waals surface area contributed by atoms with Crippen molar-refractivity contribution in [1.29, 1.82) is 0 Å². The zero-order valence-electron chi connectivity index (χ0n) is 28.7. The van der Waals surface area contributed by atoms with Crippen molar-refractivity contribution in [1.82, 2.24) is 4.57 Å². The van der Waals surface area contributed by atoms with E-state index in [0.29, 0.717) is 5.92 Å². The van der Waals surface area contributed by atoms with Gasteiger partial charge in [-0.3, -0.25) is 4.57 Å². The smallest absolute Gasteiger partial charge is 0.118 e. The summed E-state index contributed by atoms with van der Waals surface area (Å²) in [6, 6.07) is 60.2. The van der Waals surface area contributed by atoms with Gasteiger partial charge in [-0.2, -0.15) is 0 Å². The Balaban J connectivity index is 0.978. The van der Waals surface area contributed by atoms with E-state index in [1.165, 1.54) is 80.9 Å². The molecule has 0 N–H and O–H groups in total. The van der Waals surface area contributed by atoms with E-state index < -0.39 is 0 Å². The first-order valence-electron chi connectivity index (χ1n) is 18.1. The number of fused-ring (bicyclic) bond motifs is 7. The molecule has 246 valence electrons. The average Bonchev–Trinajstić information content (AvgIpc) is 3.48. The van der Waals surface area contributed by atoms with E-state index in [1.54, 1.807) is 0 Å². The lowest BCUT2D eigenvalue weighted by atomic mass is 9.89. The summed E-state index contributed by atoms with van der Waals surface area (Å²) in [7, 11) is 0. The number of rotatable bonds is 4. The van der Waals surface area contributed by atoms with E-state index >= 15 is 0 Å². The van der Waals surface area contributed by atoms with Gasteiger partial charge in [-0.25, -0.2) is 4.99 Å². The van der Waals surface area contributed by atoms with Crippen LogP contribution in [0, 0.1) is 11.8 Å². The molecule has 52 heavy (non-hydrogen) atoms. The fourth-order valence-electron chi connectivity index (χ4n) is 9.15. The molecular weight excluding hydrogens is 649 g/mol. The fourth-order valence-corrected chi connectivity index (χ4v) is 10.4. The van der Waals surface area contributed by atoms with Crippen LogP contribution in [0.3, 0.4) is 0 Å². The molecule has 2 aliphatic rings. The lowest BCUT2D eigenvalue weighted by molar-refractivity contribution is 0.769. The van der Waals surface area contributed by atoms with Crippen molar-refractivity contribution in [2.24, 2.45) is 16.8 Å². The summed E-state index contributed by atoms with van der Waals surface area (Å²) < 4.78 is 5.13. The lowest BCUT2D eigenvalue weighted by Crippen LogP contribution is -2.22. The van der Waals surface area contributed by atoms with Gasteiger partial charge in [0.05, 0.1) is 11.0 Å². The molecule has 0 bridgehead atoms. The number of hydrogen-bond acceptors (Lipinski definition) is 2. The van der Waals surface area contributed by atoms with Gasteiger partial charge in [0.25, 0.3) is 0 Å². The molecule has 0 spiro atoms. The number of benzene rings is 7. The van der Waals surface area contributed by atoms with Crippen molar-refractivity contribution in [3.8, 4) is 33.4 Å². The molecule has 3 heteroatoms. The maximum Gasteiger partial charge on any atom is 0.118 e. The summed E-state index contributed by atoms with van der Waals surface area (Å²) in [4.78, 5) is 5.17. The minimum atomic E-state index is -0.0735. The van der Waals surface area contributed by atoms with Crippen LogP contribution in [-0.2, 0) is 5.41 Å². The zero-order valence-corrected chi connectivity index (χ0v) is 29.5. The van der Waals surface area contributed by atoms with E-state index in [2.05, 4.69) is 188 Å². The van der Waals surface area contributed by atoms with E-state index in [4.69, 9.17) is 4.99 Å². The van der Waals surface area contributed by atoms with Gasteiger partial charge in [-0.1, -0.05) is 146 Å². The Hall–Kier alpha value is -6.03. The van der Waals surface area contributed by atoms with Crippen LogP contribution < -0.4 is 0 Å². The van der Waals surface area contributed by atoms with Gasteiger partial charge in [-0.15, -0.1) is 11.3 Å². The van der Waals surface area contributed by atoms with E-state index in [1.807, 2.05) is 11.3 Å². The Labute approximate surface area is 306 Å². The van der Waals surface area contributed by atoms with Crippen molar-refractivity contribution < 1.29 is 0 Å². The van der Waals surface area contributed by atoms with Gasteiger partial charge in [0.1, 0.15) is 5.84 Å². The summed E-state index contributed by atoms with van der Waals surface area (Å²) in [6.45, 7) is 2.39. The standard InChI is InChI=1S/C49H34N2S/c1-31-46-48(50-28-27-49(31,46)37-24-21-33(22-25-37)35-14-9-13-34(29-35)32-11-3-2-4-12-32)51-43-19-7-5-15-39(43)42-30-36(23-26-44(42)51)38-17-10-18-41-40-16-6-8-20-45(40)52-47(38)41/h2-31,46H,1H3. The normalized spacial score (nSPS) is 19.4. The highest BCUT2D eigenvalue weighted by Gasteiger charge is 2.65. The highest BCUT2D eigenvalue weighted by atomic mass is 32.1. The quantitative estimate of drug-likeness (QED) is 0.176. The number of thiophene rings is 1. The molecule has 3 unspecified atom stereocenters. The van der Waals surface area contributed by atoms with Gasteiger partial charge in [0.2, 0.25) is 0 Å². The molecule has 1 aliphatic heterocycles. The van der Waals surface area contributed by atoms with Gasteiger partial charge >= 0.3 is 0 Å². The molecule has 7 aromatic carbocycles. The Morgan fingerprint density at radius 1 is 0.538 bits per heavy atom. The summed E-state index contributed by atoms with van der Waals surface area (Å²) >= 11 is 1.89. The van der Waals surface area contributed by atoms with Gasteiger partial charge in [0, 0.05) is 48.5 Å². The molecule has 1 aliphatic carbocycles. The minimum absolute atomic E-state index is 0.0735. The van der Waals surface area contributed by atoms with Crippen LogP contribution in [0.1, 0.15) is 12.5 Å². The maximum absolute atomic E-state index is 5.17. The van der Waals surface area contributed by atoms with Crippen LogP contribution in [0.2, 0.25) is 0 Å². The number of para-hydroxylation sites is 1. The van der Waals surface area contributed by atoms with Crippen molar-refractivity contribution in [3.63, 3.8) is 0 Å². The Morgan fingerprint density at radius 2 is 1.19 bits per heavy atom. The molecule has 9 aromatic rings. The van der Waals surface area contributed by atoms with Gasteiger partial charge < -0.3 is 0 Å². The summed E-state index contributed by atoms with van der Waals surface area (Å²) in [5.74, 6) is 1.86. The molecule has 2 nitrogen and oxygen atoms in total. The second kappa shape index (κ2) is 11.2. The van der Waals surface area contributed by atoms with Crippen molar-refractivity contribution in [2.45, 2.75) is 12.3 Å². The Bertz CT molecular complexity index is 2930. The zero-order chi connectivity index (χ0) is 34.4. The summed E-state index contributed by atoms with van der Waals surface area (Å²) in [6.07, 6.45) is 4.41. The van der Waals surface area contributed by atoms with Crippen LogP contribution in [0.15, 0.2) is 181 Å². The lowest BCUT2D eigenvalue weighted by Gasteiger charge is -2.20. The molecule has 1 fully saturated rings. The molecule has 11 rings (SSSR count). The molecule has 0 radical (unpaired) electrons. The topological polar surface area (TPSA) is 17.3 Å². The molecule has 1 saturated carbocycles. The number of allylic oxidation sites excluding steroid dienone is 1. The monoisotopic (exact) mass is 682 g/mol. The van der Waals surface area contributed by atoms with Crippen molar-refractivity contribution in [3.05, 3.63) is 182 Å². The SMILES string of the molecule is CC1C2C(n3c4ccccc4c4cc(-c5cccc6c5sc5ccccc56)ccc43)=NC=CC12c1ccc(-c2cccc(-c3ccccc3)c2)cc1. The Kier molecular flexibility index (Phi) is 6.41. The first kappa shape index (κ1) is 29.7. The van der Waals surface area contributed by atoms with Crippen LogP contribution >= 0.6 is 11.3 Å². The number of aliphatic imine (C=N–C) groups is 1. The van der Waals surface area contributed by atoms with Crippen LogP contribution in [0.5, 0.6) is 0 Å². The van der Waals surface area contributed by atoms with Crippen LogP contribution in [0.25, 0.3) is 75.4 Å². The third kappa shape index (κ3) is 4.26. The second-order valence-corrected chi connectivity index (χ2v) is 15.4. The fraction of sp³-hybridized carbons (Fsp3) is 0.0816. The second-order valence-electron chi connectivity index (χ2n) is 14.4. The van der Waals surface area contributed by atoms with E-state index in [9.17, 15) is 0 Å². The van der Waals surface area contributed by atoms with Gasteiger partial charge in [-0.05, 0) is 75.2 Å². The third-order valence-corrected chi connectivity index (χ3v) is 13.0. The molecule has 0 saturated heterocycles. The van der Waals surface area contributed by atoms with Crippen molar-refractivity contribution >= 4 is 59.2 Å². The molecule has 2 aromatic heterocycles.